The second-order valence-corrected chi connectivity index (χ2v) is 7.78. The molecule has 1 atom stereocenters. The van der Waals surface area contributed by atoms with Crippen LogP contribution >= 0.6 is 0 Å². The van der Waals surface area contributed by atoms with E-state index in [4.69, 9.17) is 0 Å². The van der Waals surface area contributed by atoms with E-state index >= 15 is 0 Å². The van der Waals surface area contributed by atoms with Crippen LogP contribution in [-0.2, 0) is 6.42 Å². The summed E-state index contributed by atoms with van der Waals surface area (Å²) < 4.78 is 2.43. The Morgan fingerprint density at radius 3 is 2.45 bits per heavy atom. The number of ketones is 1. The minimum absolute atomic E-state index is 0.102. The van der Waals surface area contributed by atoms with Crippen molar-refractivity contribution in [3.8, 4) is 0 Å². The summed E-state index contributed by atoms with van der Waals surface area (Å²) in [6.45, 7) is 13.4. The van der Waals surface area contributed by atoms with Crippen LogP contribution in [0, 0.1) is 18.3 Å². The van der Waals surface area contributed by atoms with E-state index < -0.39 is 0 Å². The quantitative estimate of drug-likeness (QED) is 0.762. The van der Waals surface area contributed by atoms with E-state index in [1.54, 1.807) is 0 Å². The molecule has 1 heterocycles. The van der Waals surface area contributed by atoms with Gasteiger partial charge in [0.1, 0.15) is 0 Å². The number of aryl methyl sites for hydroxylation is 1. The zero-order valence-electron chi connectivity index (χ0n) is 13.9. The number of hydrogen-bond acceptors (Lipinski definition) is 1. The van der Waals surface area contributed by atoms with Gasteiger partial charge >= 0.3 is 0 Å². The number of carbonyl (C=O) groups is 1. The molecule has 0 fully saturated rings. The highest BCUT2D eigenvalue weighted by Crippen LogP contribution is 2.38. The van der Waals surface area contributed by atoms with Gasteiger partial charge in [0.25, 0.3) is 0 Å². The Labute approximate surface area is 123 Å². The third-order valence-corrected chi connectivity index (χ3v) is 4.52. The molecule has 1 aromatic rings. The molecule has 1 aliphatic rings. The van der Waals surface area contributed by atoms with Crippen LogP contribution in [0.3, 0.4) is 0 Å². The molecule has 1 aromatic heterocycles. The number of hydrogen-bond donors (Lipinski definition) is 0. The summed E-state index contributed by atoms with van der Waals surface area (Å²) >= 11 is 0. The monoisotopic (exact) mass is 275 g/mol. The molecule has 0 N–H and O–H groups in total. The first-order valence-corrected chi connectivity index (χ1v) is 7.95. The zero-order valence-corrected chi connectivity index (χ0v) is 13.9. The lowest BCUT2D eigenvalue weighted by Gasteiger charge is -2.31. The Hall–Kier alpha value is -1.05. The number of aromatic nitrogens is 1. The number of carbonyl (C=O) groups excluding carboxylic acids is 1. The first-order valence-electron chi connectivity index (χ1n) is 7.95. The van der Waals surface area contributed by atoms with Gasteiger partial charge in [-0.3, -0.25) is 4.79 Å². The van der Waals surface area contributed by atoms with Gasteiger partial charge in [0, 0.05) is 29.4 Å². The lowest BCUT2D eigenvalue weighted by atomic mass is 9.76. The van der Waals surface area contributed by atoms with Crippen molar-refractivity contribution in [3.63, 3.8) is 0 Å². The van der Waals surface area contributed by atoms with Crippen LogP contribution < -0.4 is 0 Å². The first-order chi connectivity index (χ1) is 9.21. The minimum atomic E-state index is 0.102. The number of Topliss-reactive ketones (excluding diaryl/α,β-unsaturated/α-hetero) is 1. The summed E-state index contributed by atoms with van der Waals surface area (Å²) in [5.74, 6) is 1.07. The fourth-order valence-electron chi connectivity index (χ4n) is 3.49. The maximum absolute atomic E-state index is 12.3. The van der Waals surface area contributed by atoms with E-state index in [0.717, 1.165) is 17.9 Å². The van der Waals surface area contributed by atoms with Gasteiger partial charge in [-0.15, -0.1) is 0 Å². The molecule has 0 aliphatic heterocycles. The molecule has 2 nitrogen and oxygen atoms in total. The highest BCUT2D eigenvalue weighted by Gasteiger charge is 2.34. The van der Waals surface area contributed by atoms with Gasteiger partial charge < -0.3 is 4.57 Å². The van der Waals surface area contributed by atoms with Crippen molar-refractivity contribution in [2.45, 2.75) is 73.3 Å². The molecule has 20 heavy (non-hydrogen) atoms. The fraction of sp³-hybridized carbons (Fsp3) is 0.722. The van der Waals surface area contributed by atoms with Crippen LogP contribution in [0.5, 0.6) is 0 Å². The molecule has 0 saturated carbocycles. The second-order valence-electron chi connectivity index (χ2n) is 7.78. The van der Waals surface area contributed by atoms with E-state index in [2.05, 4.69) is 52.2 Å². The molecule has 0 radical (unpaired) electrons. The predicted octanol–water partition coefficient (Wildman–Crippen LogP) is 4.95. The van der Waals surface area contributed by atoms with Crippen LogP contribution in [0.1, 0.15) is 81.7 Å². The van der Waals surface area contributed by atoms with Crippen molar-refractivity contribution in [2.75, 3.05) is 0 Å². The van der Waals surface area contributed by atoms with Gasteiger partial charge in [-0.25, -0.2) is 0 Å². The maximum atomic E-state index is 12.3. The lowest BCUT2D eigenvalue weighted by Crippen LogP contribution is -2.28. The van der Waals surface area contributed by atoms with Crippen molar-refractivity contribution >= 4 is 5.78 Å². The van der Waals surface area contributed by atoms with Crippen LogP contribution in [0.4, 0.5) is 0 Å². The smallest absolute Gasteiger partial charge is 0.165 e. The molecular weight excluding hydrogens is 246 g/mol. The summed E-state index contributed by atoms with van der Waals surface area (Å²) in [6, 6.07) is 2.60. The van der Waals surface area contributed by atoms with Crippen LogP contribution in [0.2, 0.25) is 0 Å². The summed E-state index contributed by atoms with van der Waals surface area (Å²) in [5, 5.41) is 0. The average molecular weight is 275 g/mol. The van der Waals surface area contributed by atoms with Crippen molar-refractivity contribution in [1.29, 1.82) is 0 Å². The van der Waals surface area contributed by atoms with Crippen molar-refractivity contribution in [3.05, 3.63) is 23.0 Å². The number of nitrogens with zero attached hydrogens (tertiary/aromatic N) is 1. The normalized spacial score (nSPS) is 19.2. The topological polar surface area (TPSA) is 22.0 Å². The highest BCUT2D eigenvalue weighted by atomic mass is 16.1. The molecule has 2 rings (SSSR count). The fourth-order valence-corrected chi connectivity index (χ4v) is 3.49. The van der Waals surface area contributed by atoms with Gasteiger partial charge in [-0.1, -0.05) is 27.7 Å². The Morgan fingerprint density at radius 1 is 1.20 bits per heavy atom. The van der Waals surface area contributed by atoms with E-state index in [0.29, 0.717) is 18.2 Å². The van der Waals surface area contributed by atoms with Crippen molar-refractivity contribution in [2.24, 2.45) is 11.3 Å². The molecule has 0 spiro atoms. The molecule has 0 amide bonds. The Bertz CT molecular complexity index is 508. The molecule has 2 heteroatoms. The zero-order chi connectivity index (χ0) is 15.1. The Morgan fingerprint density at radius 2 is 1.85 bits per heavy atom. The minimum Gasteiger partial charge on any atom is -0.345 e. The van der Waals surface area contributed by atoms with Gasteiger partial charge in [-0.2, -0.15) is 0 Å². The largest absolute Gasteiger partial charge is 0.345 e. The molecule has 1 unspecified atom stereocenters. The molecule has 1 aliphatic carbocycles. The van der Waals surface area contributed by atoms with E-state index in [1.165, 1.54) is 24.2 Å². The van der Waals surface area contributed by atoms with Crippen LogP contribution in [0.25, 0.3) is 0 Å². The van der Waals surface area contributed by atoms with Crippen molar-refractivity contribution in [1.82, 2.24) is 4.57 Å². The third-order valence-electron chi connectivity index (χ3n) is 4.52. The number of fused-ring (bicyclic) bond motifs is 1. The van der Waals surface area contributed by atoms with E-state index in [1.807, 2.05) is 0 Å². The summed E-state index contributed by atoms with van der Waals surface area (Å²) in [6.07, 6.45) is 4.14. The SMILES string of the molecule is Cc1cc2c(n1C(C)CCC(C)C)CC(C)(C)CC2=O. The van der Waals surface area contributed by atoms with Crippen LogP contribution in [0.15, 0.2) is 6.07 Å². The standard InChI is InChI=1S/C18H29NO/c1-12(2)7-8-13(3)19-14(4)9-15-16(19)10-18(5,6)11-17(15)20/h9,12-13H,7-8,10-11H2,1-6H3. The van der Waals surface area contributed by atoms with Gasteiger partial charge in [0.05, 0.1) is 0 Å². The molecular formula is C18H29NO. The highest BCUT2D eigenvalue weighted by molar-refractivity contribution is 5.99. The second kappa shape index (κ2) is 5.38. The van der Waals surface area contributed by atoms with E-state index in [-0.39, 0.29) is 5.41 Å². The van der Waals surface area contributed by atoms with Gasteiger partial charge in [-0.05, 0) is 50.5 Å². The molecule has 0 saturated heterocycles. The van der Waals surface area contributed by atoms with Gasteiger partial charge in [0.15, 0.2) is 5.78 Å². The summed E-state index contributed by atoms with van der Waals surface area (Å²) in [5.41, 5.74) is 3.61. The molecule has 0 aromatic carbocycles. The lowest BCUT2D eigenvalue weighted by molar-refractivity contribution is 0.0909. The van der Waals surface area contributed by atoms with E-state index in [9.17, 15) is 4.79 Å². The Balaban J connectivity index is 2.33. The summed E-state index contributed by atoms with van der Waals surface area (Å²) in [4.78, 5) is 12.3. The first kappa shape index (κ1) is 15.3. The van der Waals surface area contributed by atoms with Crippen molar-refractivity contribution < 1.29 is 4.79 Å². The molecule has 0 bridgehead atoms. The third kappa shape index (κ3) is 2.99. The van der Waals surface area contributed by atoms with Gasteiger partial charge in [0.2, 0.25) is 0 Å². The Kier molecular flexibility index (Phi) is 4.13. The summed E-state index contributed by atoms with van der Waals surface area (Å²) in [7, 11) is 0. The van der Waals surface area contributed by atoms with Crippen LogP contribution in [-0.4, -0.2) is 10.4 Å². The molecule has 112 valence electrons. The maximum Gasteiger partial charge on any atom is 0.165 e. The predicted molar refractivity (Wildman–Crippen MR) is 84.4 cm³/mol. The number of rotatable bonds is 4. The average Bonchev–Trinajstić information content (AvgIpc) is 2.61.